The molecule has 20 heavy (non-hydrogen) atoms. The monoisotopic (exact) mass is 280 g/mol. The predicted molar refractivity (Wildman–Crippen MR) is 75.9 cm³/mol. The Hall–Kier alpha value is -1.46. The summed E-state index contributed by atoms with van der Waals surface area (Å²) in [5.41, 5.74) is 0.223. The van der Waals surface area contributed by atoms with Crippen molar-refractivity contribution < 1.29 is 14.3 Å². The van der Waals surface area contributed by atoms with Crippen molar-refractivity contribution in [3.63, 3.8) is 0 Å². The van der Waals surface area contributed by atoms with Crippen LogP contribution in [0.3, 0.4) is 0 Å². The molecule has 0 radical (unpaired) electrons. The highest BCUT2D eigenvalue weighted by atomic mass is 19.1. The Morgan fingerprint density at radius 2 is 2.30 bits per heavy atom. The third kappa shape index (κ3) is 4.02. The number of para-hydroxylation sites is 1. The fraction of sp³-hybridized carbons (Fsp3) is 0.533. The van der Waals surface area contributed by atoms with Crippen LogP contribution in [-0.2, 0) is 4.79 Å². The van der Waals surface area contributed by atoms with Crippen molar-refractivity contribution in [1.82, 2.24) is 4.90 Å². The molecule has 0 aliphatic carbocycles. The van der Waals surface area contributed by atoms with Gasteiger partial charge < -0.3 is 15.3 Å². The lowest BCUT2D eigenvalue weighted by Crippen LogP contribution is -2.28. The molecule has 2 rings (SSSR count). The van der Waals surface area contributed by atoms with Crippen LogP contribution in [0.1, 0.15) is 19.8 Å². The molecular formula is C15H21FN2O2. The summed E-state index contributed by atoms with van der Waals surface area (Å²) >= 11 is 0. The van der Waals surface area contributed by atoms with Crippen LogP contribution >= 0.6 is 0 Å². The van der Waals surface area contributed by atoms with Crippen molar-refractivity contribution in [2.75, 3.05) is 25.0 Å². The van der Waals surface area contributed by atoms with Gasteiger partial charge in [0.2, 0.25) is 5.91 Å². The zero-order valence-corrected chi connectivity index (χ0v) is 11.7. The maximum atomic E-state index is 13.4. The van der Waals surface area contributed by atoms with Gasteiger partial charge in [0.1, 0.15) is 5.82 Å². The summed E-state index contributed by atoms with van der Waals surface area (Å²) in [5, 5.41) is 12.1. The van der Waals surface area contributed by atoms with Crippen LogP contribution in [0.2, 0.25) is 0 Å². The molecule has 2 atom stereocenters. The number of hydrogen-bond acceptors (Lipinski definition) is 3. The molecule has 1 aliphatic rings. The highest BCUT2D eigenvalue weighted by molar-refractivity contribution is 5.90. The number of anilines is 1. The molecular weight excluding hydrogens is 259 g/mol. The second-order valence-corrected chi connectivity index (χ2v) is 5.37. The number of nitrogens with zero attached hydrogens (tertiary/aromatic N) is 1. The topological polar surface area (TPSA) is 52.6 Å². The van der Waals surface area contributed by atoms with E-state index < -0.39 is 5.82 Å². The summed E-state index contributed by atoms with van der Waals surface area (Å²) in [6.45, 7) is 4.18. The summed E-state index contributed by atoms with van der Waals surface area (Å²) in [5.74, 6) is -0.309. The number of aliphatic hydroxyl groups excluding tert-OH is 1. The first-order valence-corrected chi connectivity index (χ1v) is 7.01. The first-order chi connectivity index (χ1) is 9.56. The Labute approximate surface area is 118 Å². The van der Waals surface area contributed by atoms with Crippen LogP contribution in [0.4, 0.5) is 10.1 Å². The number of halogens is 1. The van der Waals surface area contributed by atoms with Crippen molar-refractivity contribution in [1.29, 1.82) is 0 Å². The van der Waals surface area contributed by atoms with Gasteiger partial charge in [-0.3, -0.25) is 4.79 Å². The van der Waals surface area contributed by atoms with Crippen LogP contribution in [0, 0.1) is 11.7 Å². The van der Waals surface area contributed by atoms with Crippen molar-refractivity contribution in [3.05, 3.63) is 30.1 Å². The van der Waals surface area contributed by atoms with Gasteiger partial charge in [0.15, 0.2) is 0 Å². The molecule has 0 spiro atoms. The second-order valence-electron chi connectivity index (χ2n) is 5.37. The zero-order chi connectivity index (χ0) is 14.5. The maximum absolute atomic E-state index is 13.4. The standard InChI is InChI=1S/C15H21FN2O2/c1-11(19)12-6-8-18(10-12)9-7-15(20)17-14-5-3-2-4-13(14)16/h2-5,11-12,19H,6-10H2,1H3,(H,17,20). The van der Waals surface area contributed by atoms with E-state index in [9.17, 15) is 14.3 Å². The summed E-state index contributed by atoms with van der Waals surface area (Å²) in [7, 11) is 0. The Morgan fingerprint density at radius 3 is 2.95 bits per heavy atom. The minimum atomic E-state index is -0.420. The summed E-state index contributed by atoms with van der Waals surface area (Å²) < 4.78 is 13.4. The number of aliphatic hydroxyl groups is 1. The molecule has 5 heteroatoms. The van der Waals surface area contributed by atoms with Gasteiger partial charge in [0.05, 0.1) is 11.8 Å². The summed E-state index contributed by atoms with van der Waals surface area (Å²) in [6, 6.07) is 6.15. The predicted octanol–water partition coefficient (Wildman–Crippen LogP) is 1.86. The van der Waals surface area contributed by atoms with Gasteiger partial charge in [-0.25, -0.2) is 4.39 Å². The van der Waals surface area contributed by atoms with Gasteiger partial charge in [-0.1, -0.05) is 12.1 Å². The second kappa shape index (κ2) is 6.81. The average molecular weight is 280 g/mol. The highest BCUT2D eigenvalue weighted by Gasteiger charge is 2.25. The number of rotatable bonds is 5. The third-order valence-electron chi connectivity index (χ3n) is 3.79. The molecule has 1 fully saturated rings. The van der Waals surface area contributed by atoms with Gasteiger partial charge in [-0.15, -0.1) is 0 Å². The molecule has 1 heterocycles. The molecule has 4 nitrogen and oxygen atoms in total. The SMILES string of the molecule is CC(O)C1CCN(CCC(=O)Nc2ccccc2F)C1. The van der Waals surface area contributed by atoms with Crippen LogP contribution < -0.4 is 5.32 Å². The Kier molecular flexibility index (Phi) is 5.09. The van der Waals surface area contributed by atoms with Crippen LogP contribution in [0.5, 0.6) is 0 Å². The highest BCUT2D eigenvalue weighted by Crippen LogP contribution is 2.19. The van der Waals surface area contributed by atoms with Crippen molar-refractivity contribution in [2.24, 2.45) is 5.92 Å². The van der Waals surface area contributed by atoms with Crippen LogP contribution in [-0.4, -0.2) is 41.7 Å². The number of carbonyl (C=O) groups is 1. The van der Waals surface area contributed by atoms with E-state index in [1.807, 2.05) is 0 Å². The van der Waals surface area contributed by atoms with E-state index in [-0.39, 0.29) is 17.7 Å². The van der Waals surface area contributed by atoms with Crippen molar-refractivity contribution in [2.45, 2.75) is 25.9 Å². The van der Waals surface area contributed by atoms with Gasteiger partial charge in [-0.2, -0.15) is 0 Å². The smallest absolute Gasteiger partial charge is 0.225 e. The molecule has 1 aliphatic heterocycles. The van der Waals surface area contributed by atoms with Crippen LogP contribution in [0.25, 0.3) is 0 Å². The van der Waals surface area contributed by atoms with E-state index in [1.54, 1.807) is 25.1 Å². The van der Waals surface area contributed by atoms with Gasteiger partial charge in [0, 0.05) is 19.5 Å². The minimum Gasteiger partial charge on any atom is -0.393 e. The fourth-order valence-corrected chi connectivity index (χ4v) is 2.49. The molecule has 2 N–H and O–H groups in total. The number of benzene rings is 1. The minimum absolute atomic E-state index is 0.185. The van der Waals surface area contributed by atoms with E-state index >= 15 is 0 Å². The normalized spacial score (nSPS) is 20.9. The quantitative estimate of drug-likeness (QED) is 0.865. The summed E-state index contributed by atoms with van der Waals surface area (Å²) in [6.07, 6.45) is 1.00. The molecule has 0 saturated carbocycles. The van der Waals surface area contributed by atoms with E-state index in [4.69, 9.17) is 0 Å². The van der Waals surface area contributed by atoms with Crippen molar-refractivity contribution >= 4 is 11.6 Å². The molecule has 1 saturated heterocycles. The maximum Gasteiger partial charge on any atom is 0.225 e. The number of hydrogen-bond donors (Lipinski definition) is 2. The van der Waals surface area contributed by atoms with Gasteiger partial charge in [0.25, 0.3) is 0 Å². The van der Waals surface area contributed by atoms with E-state index in [0.717, 1.165) is 19.5 Å². The largest absolute Gasteiger partial charge is 0.393 e. The fourth-order valence-electron chi connectivity index (χ4n) is 2.49. The number of likely N-dealkylation sites (tertiary alicyclic amines) is 1. The van der Waals surface area contributed by atoms with Crippen molar-refractivity contribution in [3.8, 4) is 0 Å². The Balaban J connectivity index is 1.75. The molecule has 0 aromatic heterocycles. The van der Waals surface area contributed by atoms with Gasteiger partial charge >= 0.3 is 0 Å². The third-order valence-corrected chi connectivity index (χ3v) is 3.79. The molecule has 1 aromatic rings. The molecule has 1 amide bonds. The van der Waals surface area contributed by atoms with Gasteiger partial charge in [-0.05, 0) is 37.9 Å². The molecule has 110 valence electrons. The van der Waals surface area contributed by atoms with E-state index in [0.29, 0.717) is 18.9 Å². The first-order valence-electron chi connectivity index (χ1n) is 7.01. The lowest BCUT2D eigenvalue weighted by atomic mass is 10.0. The number of carbonyl (C=O) groups excluding carboxylic acids is 1. The Morgan fingerprint density at radius 1 is 1.55 bits per heavy atom. The summed E-state index contributed by atoms with van der Waals surface area (Å²) in [4.78, 5) is 13.9. The number of nitrogens with one attached hydrogen (secondary N) is 1. The van der Waals surface area contributed by atoms with Crippen LogP contribution in [0.15, 0.2) is 24.3 Å². The lowest BCUT2D eigenvalue weighted by Gasteiger charge is -2.17. The molecule has 1 aromatic carbocycles. The van der Waals surface area contributed by atoms with E-state index in [2.05, 4.69) is 10.2 Å². The Bertz CT molecular complexity index is 465. The zero-order valence-electron chi connectivity index (χ0n) is 11.7. The molecule has 0 bridgehead atoms. The van der Waals surface area contributed by atoms with E-state index in [1.165, 1.54) is 6.07 Å². The number of amides is 1. The lowest BCUT2D eigenvalue weighted by molar-refractivity contribution is -0.116. The molecule has 2 unspecified atom stereocenters. The average Bonchev–Trinajstić information content (AvgIpc) is 2.88. The first kappa shape index (κ1) is 14.9.